The normalized spacial score (nSPS) is 10.9. The SMILES string of the molecule is CC(=O)Cn1cnc(=O)c2sc(-c3ccc(NC(=O)c4ccccn4)c(Cl)c3)cc21. The molecule has 30 heavy (non-hydrogen) atoms. The number of carbonyl (C=O) groups is 2. The average molecular weight is 439 g/mol. The van der Waals surface area contributed by atoms with E-state index in [-0.39, 0.29) is 29.5 Å². The smallest absolute Gasteiger partial charge is 0.290 e. The van der Waals surface area contributed by atoms with Gasteiger partial charge in [0.2, 0.25) is 0 Å². The van der Waals surface area contributed by atoms with Crippen molar-refractivity contribution < 1.29 is 9.59 Å². The van der Waals surface area contributed by atoms with Gasteiger partial charge in [-0.2, -0.15) is 4.98 Å². The van der Waals surface area contributed by atoms with E-state index in [0.29, 0.717) is 20.9 Å². The van der Waals surface area contributed by atoms with Gasteiger partial charge in [-0.3, -0.25) is 19.4 Å². The molecule has 0 spiro atoms. The molecule has 1 amide bonds. The maximum absolute atomic E-state index is 12.3. The topological polar surface area (TPSA) is 94.0 Å². The highest BCUT2D eigenvalue weighted by Gasteiger charge is 2.14. The Bertz CT molecular complexity index is 1330. The molecule has 0 radical (unpaired) electrons. The van der Waals surface area contributed by atoms with Crippen molar-refractivity contribution in [3.8, 4) is 10.4 Å². The quantitative estimate of drug-likeness (QED) is 0.508. The summed E-state index contributed by atoms with van der Waals surface area (Å²) >= 11 is 7.67. The predicted molar refractivity (Wildman–Crippen MR) is 117 cm³/mol. The van der Waals surface area contributed by atoms with Gasteiger partial charge in [0, 0.05) is 11.1 Å². The molecule has 0 bridgehead atoms. The largest absolute Gasteiger partial charge is 0.323 e. The van der Waals surface area contributed by atoms with Gasteiger partial charge in [0.25, 0.3) is 11.5 Å². The lowest BCUT2D eigenvalue weighted by molar-refractivity contribution is -0.117. The van der Waals surface area contributed by atoms with Crippen molar-refractivity contribution in [2.75, 3.05) is 5.32 Å². The van der Waals surface area contributed by atoms with Crippen LogP contribution in [0, 0.1) is 0 Å². The van der Waals surface area contributed by atoms with Crippen LogP contribution in [0.2, 0.25) is 5.02 Å². The van der Waals surface area contributed by atoms with Crippen LogP contribution < -0.4 is 10.9 Å². The number of aromatic nitrogens is 3. The number of Topliss-reactive ketones (excluding diaryl/α,β-unsaturated/α-hetero) is 1. The van der Waals surface area contributed by atoms with Gasteiger partial charge in [-0.05, 0) is 42.8 Å². The van der Waals surface area contributed by atoms with Crippen molar-refractivity contribution >= 4 is 50.5 Å². The van der Waals surface area contributed by atoms with E-state index in [0.717, 1.165) is 10.4 Å². The van der Waals surface area contributed by atoms with Crippen LogP contribution in [0.3, 0.4) is 0 Å². The zero-order chi connectivity index (χ0) is 21.3. The van der Waals surface area contributed by atoms with Crippen LogP contribution in [-0.4, -0.2) is 26.2 Å². The van der Waals surface area contributed by atoms with E-state index in [4.69, 9.17) is 11.6 Å². The van der Waals surface area contributed by atoms with Gasteiger partial charge in [0.15, 0.2) is 0 Å². The summed E-state index contributed by atoms with van der Waals surface area (Å²) in [5.41, 5.74) is 1.83. The summed E-state index contributed by atoms with van der Waals surface area (Å²) in [4.78, 5) is 44.6. The summed E-state index contributed by atoms with van der Waals surface area (Å²) in [7, 11) is 0. The molecule has 3 aromatic heterocycles. The molecule has 0 saturated carbocycles. The van der Waals surface area contributed by atoms with Gasteiger partial charge in [-0.1, -0.05) is 23.7 Å². The van der Waals surface area contributed by atoms with Gasteiger partial charge in [-0.15, -0.1) is 11.3 Å². The minimum Gasteiger partial charge on any atom is -0.323 e. The number of nitrogens with zero attached hydrogens (tertiary/aromatic N) is 3. The van der Waals surface area contributed by atoms with Crippen molar-refractivity contribution in [1.29, 1.82) is 0 Å². The molecule has 1 aromatic carbocycles. The molecule has 0 saturated heterocycles. The molecule has 0 atom stereocenters. The van der Waals surface area contributed by atoms with Crippen molar-refractivity contribution in [2.24, 2.45) is 0 Å². The van der Waals surface area contributed by atoms with E-state index in [1.165, 1.54) is 24.6 Å². The number of carbonyl (C=O) groups excluding carboxylic acids is 2. The van der Waals surface area contributed by atoms with Crippen molar-refractivity contribution in [3.05, 3.63) is 76.1 Å². The third-order valence-corrected chi connectivity index (χ3v) is 5.80. The third kappa shape index (κ3) is 4.00. The standard InChI is InChI=1S/C21H15ClN4O3S/c1-12(27)10-26-11-24-21(29)19-17(26)9-18(30-19)13-5-6-15(14(22)8-13)25-20(28)16-4-2-3-7-23-16/h2-9,11H,10H2,1H3,(H,25,28). The molecule has 150 valence electrons. The first kappa shape index (κ1) is 19.9. The second-order valence-corrected chi connectivity index (χ2v) is 8.03. The lowest BCUT2D eigenvalue weighted by Crippen LogP contribution is -2.13. The maximum atomic E-state index is 12.3. The van der Waals surface area contributed by atoms with E-state index in [1.807, 2.05) is 6.07 Å². The van der Waals surface area contributed by atoms with E-state index in [2.05, 4.69) is 15.3 Å². The highest BCUT2D eigenvalue weighted by atomic mass is 35.5. The Morgan fingerprint density at radius 2 is 2.00 bits per heavy atom. The fourth-order valence-electron chi connectivity index (χ4n) is 2.95. The predicted octanol–water partition coefficient (Wildman–Crippen LogP) is 4.01. The van der Waals surface area contributed by atoms with E-state index >= 15 is 0 Å². The molecule has 1 N–H and O–H groups in total. The molecular formula is C21H15ClN4O3S. The van der Waals surface area contributed by atoms with Crippen LogP contribution in [0.1, 0.15) is 17.4 Å². The number of amides is 1. The Morgan fingerprint density at radius 3 is 2.70 bits per heavy atom. The summed E-state index contributed by atoms with van der Waals surface area (Å²) in [5, 5.41) is 3.09. The van der Waals surface area contributed by atoms with Crippen molar-refractivity contribution in [3.63, 3.8) is 0 Å². The molecule has 4 rings (SSSR count). The summed E-state index contributed by atoms with van der Waals surface area (Å²) in [6, 6.07) is 12.1. The summed E-state index contributed by atoms with van der Waals surface area (Å²) in [5.74, 6) is -0.398. The summed E-state index contributed by atoms with van der Waals surface area (Å²) < 4.78 is 2.12. The molecule has 3 heterocycles. The second kappa shape index (κ2) is 8.17. The minimum absolute atomic E-state index is 0.0365. The number of anilines is 1. The monoisotopic (exact) mass is 438 g/mol. The Kier molecular flexibility index (Phi) is 5.43. The molecule has 0 aliphatic rings. The molecule has 7 nitrogen and oxygen atoms in total. The number of thiophene rings is 1. The Hall–Kier alpha value is -3.36. The van der Waals surface area contributed by atoms with Crippen molar-refractivity contribution in [2.45, 2.75) is 13.5 Å². The van der Waals surface area contributed by atoms with Gasteiger partial charge in [0.05, 0.1) is 29.1 Å². The molecule has 0 aliphatic heterocycles. The highest BCUT2D eigenvalue weighted by molar-refractivity contribution is 7.22. The molecule has 0 aliphatic carbocycles. The lowest BCUT2D eigenvalue weighted by Gasteiger charge is -2.08. The number of halogens is 1. The van der Waals surface area contributed by atoms with Gasteiger partial charge in [-0.25, -0.2) is 0 Å². The zero-order valence-electron chi connectivity index (χ0n) is 15.8. The van der Waals surface area contributed by atoms with Gasteiger partial charge < -0.3 is 9.88 Å². The fraction of sp³-hybridized carbons (Fsp3) is 0.0952. The Balaban J connectivity index is 1.67. The Morgan fingerprint density at radius 1 is 1.17 bits per heavy atom. The molecule has 4 aromatic rings. The van der Waals surface area contributed by atoms with Crippen LogP contribution in [-0.2, 0) is 11.3 Å². The van der Waals surface area contributed by atoms with E-state index in [1.54, 1.807) is 47.2 Å². The number of hydrogen-bond donors (Lipinski definition) is 1. The van der Waals surface area contributed by atoms with Crippen LogP contribution in [0.5, 0.6) is 0 Å². The molecule has 9 heteroatoms. The molecular weight excluding hydrogens is 424 g/mol. The third-order valence-electron chi connectivity index (χ3n) is 4.32. The van der Waals surface area contributed by atoms with Crippen LogP contribution in [0.15, 0.2) is 59.8 Å². The first-order chi connectivity index (χ1) is 14.4. The van der Waals surface area contributed by atoms with E-state index in [9.17, 15) is 14.4 Å². The fourth-order valence-corrected chi connectivity index (χ4v) is 4.24. The number of nitrogens with one attached hydrogen (secondary N) is 1. The number of rotatable bonds is 5. The number of ketones is 1. The van der Waals surface area contributed by atoms with Gasteiger partial charge >= 0.3 is 0 Å². The molecule has 0 fully saturated rings. The summed E-state index contributed by atoms with van der Waals surface area (Å²) in [6.45, 7) is 1.62. The lowest BCUT2D eigenvalue weighted by atomic mass is 10.1. The van der Waals surface area contributed by atoms with E-state index < -0.39 is 0 Å². The number of pyridine rings is 1. The Labute approximate surface area is 180 Å². The minimum atomic E-state index is -0.362. The van der Waals surface area contributed by atoms with Crippen LogP contribution in [0.25, 0.3) is 20.7 Å². The maximum Gasteiger partial charge on any atom is 0.290 e. The summed E-state index contributed by atoms with van der Waals surface area (Å²) in [6.07, 6.45) is 2.92. The number of fused-ring (bicyclic) bond motifs is 1. The molecule has 0 unspecified atom stereocenters. The average Bonchev–Trinajstić information content (AvgIpc) is 3.18. The van der Waals surface area contributed by atoms with Crippen LogP contribution in [0.4, 0.5) is 5.69 Å². The number of benzene rings is 1. The first-order valence-electron chi connectivity index (χ1n) is 8.93. The second-order valence-electron chi connectivity index (χ2n) is 6.57. The number of hydrogen-bond acceptors (Lipinski definition) is 6. The van der Waals surface area contributed by atoms with Crippen molar-refractivity contribution in [1.82, 2.24) is 14.5 Å². The van der Waals surface area contributed by atoms with Gasteiger partial charge in [0.1, 0.15) is 16.2 Å². The van der Waals surface area contributed by atoms with Crippen LogP contribution >= 0.6 is 22.9 Å². The highest BCUT2D eigenvalue weighted by Crippen LogP contribution is 2.35. The first-order valence-corrected chi connectivity index (χ1v) is 10.1. The zero-order valence-corrected chi connectivity index (χ0v) is 17.3.